The SMILES string of the molecule is CC(C)([SH2+])CSCc1cc(CO)cc(CO)c1. The van der Waals surface area contributed by atoms with Crippen LogP contribution in [0.25, 0.3) is 0 Å². The van der Waals surface area contributed by atoms with Gasteiger partial charge in [0, 0.05) is 11.5 Å². The van der Waals surface area contributed by atoms with Crippen LogP contribution in [0.15, 0.2) is 18.2 Å². The fraction of sp³-hybridized carbons (Fsp3) is 0.538. The topological polar surface area (TPSA) is 40.5 Å². The molecule has 1 aromatic carbocycles. The minimum atomic E-state index is 0.0229. The van der Waals surface area contributed by atoms with Gasteiger partial charge in [0.05, 0.1) is 13.2 Å². The Hall–Kier alpha value is -0.160. The van der Waals surface area contributed by atoms with Crippen molar-refractivity contribution in [1.29, 1.82) is 0 Å². The average Bonchev–Trinajstić information content (AvgIpc) is 2.26. The number of aliphatic hydroxyl groups is 2. The minimum Gasteiger partial charge on any atom is -0.392 e. The van der Waals surface area contributed by atoms with E-state index in [4.69, 9.17) is 10.2 Å². The van der Waals surface area contributed by atoms with Crippen molar-refractivity contribution in [3.63, 3.8) is 0 Å². The van der Waals surface area contributed by atoms with Gasteiger partial charge in [-0.2, -0.15) is 11.8 Å². The van der Waals surface area contributed by atoms with Crippen LogP contribution >= 0.6 is 11.8 Å². The molecular weight excluding hydrogens is 252 g/mol. The van der Waals surface area contributed by atoms with E-state index >= 15 is 0 Å². The van der Waals surface area contributed by atoms with Gasteiger partial charge in [0.1, 0.15) is 4.75 Å². The van der Waals surface area contributed by atoms with Gasteiger partial charge >= 0.3 is 0 Å². The first-order valence-corrected chi connectivity index (χ1v) is 7.26. The maximum Gasteiger partial charge on any atom is 0.127 e. The molecule has 0 aliphatic rings. The van der Waals surface area contributed by atoms with E-state index in [-0.39, 0.29) is 18.0 Å². The molecule has 0 aliphatic heterocycles. The molecular formula is C13H21O2S2+. The van der Waals surface area contributed by atoms with Crippen molar-refractivity contribution < 1.29 is 10.2 Å². The second-order valence-electron chi connectivity index (χ2n) is 4.85. The molecule has 0 aromatic heterocycles. The maximum absolute atomic E-state index is 9.14. The molecule has 0 bridgehead atoms. The van der Waals surface area contributed by atoms with Gasteiger partial charge in [-0.15, -0.1) is 0 Å². The van der Waals surface area contributed by atoms with E-state index in [1.54, 1.807) is 0 Å². The number of thioether (sulfide) groups is 1. The molecule has 0 spiro atoms. The van der Waals surface area contributed by atoms with Crippen LogP contribution in [0, 0.1) is 0 Å². The molecule has 0 saturated heterocycles. The zero-order chi connectivity index (χ0) is 12.9. The Morgan fingerprint density at radius 2 is 1.53 bits per heavy atom. The van der Waals surface area contributed by atoms with Crippen molar-refractivity contribution in [2.75, 3.05) is 5.75 Å². The van der Waals surface area contributed by atoms with Crippen molar-refractivity contribution in [3.8, 4) is 0 Å². The molecule has 0 fully saturated rings. The first-order chi connectivity index (χ1) is 7.94. The van der Waals surface area contributed by atoms with Crippen LogP contribution in [0.4, 0.5) is 0 Å². The molecule has 0 heterocycles. The Kier molecular flexibility index (Phi) is 5.86. The molecule has 1 rings (SSSR count). The van der Waals surface area contributed by atoms with Crippen LogP contribution in [0.5, 0.6) is 0 Å². The lowest BCUT2D eigenvalue weighted by molar-refractivity contribution is 0.275. The fourth-order valence-electron chi connectivity index (χ4n) is 1.53. The van der Waals surface area contributed by atoms with Gasteiger partial charge in [-0.05, 0) is 43.2 Å². The highest BCUT2D eigenvalue weighted by atomic mass is 32.2. The molecule has 1 aromatic rings. The van der Waals surface area contributed by atoms with Gasteiger partial charge in [-0.25, -0.2) is 0 Å². The predicted molar refractivity (Wildman–Crippen MR) is 78.7 cm³/mol. The molecule has 4 heteroatoms. The molecule has 17 heavy (non-hydrogen) atoms. The van der Waals surface area contributed by atoms with Crippen LogP contribution < -0.4 is 0 Å². The van der Waals surface area contributed by atoms with E-state index in [9.17, 15) is 0 Å². The van der Waals surface area contributed by atoms with Gasteiger partial charge in [-0.3, -0.25) is 0 Å². The predicted octanol–water partition coefficient (Wildman–Crippen LogP) is 1.69. The normalized spacial score (nSPS) is 11.8. The third-order valence-corrected chi connectivity index (χ3v) is 4.11. The molecule has 0 unspecified atom stereocenters. The number of aliphatic hydroxyl groups excluding tert-OH is 2. The maximum atomic E-state index is 9.14. The summed E-state index contributed by atoms with van der Waals surface area (Å²) in [6.45, 7) is 4.32. The van der Waals surface area contributed by atoms with E-state index in [1.807, 2.05) is 30.0 Å². The van der Waals surface area contributed by atoms with Crippen LogP contribution in [0.1, 0.15) is 30.5 Å². The van der Waals surface area contributed by atoms with E-state index < -0.39 is 0 Å². The molecule has 0 amide bonds. The summed E-state index contributed by atoms with van der Waals surface area (Å²) in [5.41, 5.74) is 2.89. The van der Waals surface area contributed by atoms with Crippen molar-refractivity contribution in [2.45, 2.75) is 37.6 Å². The van der Waals surface area contributed by atoms with Gasteiger partial charge in [0.2, 0.25) is 0 Å². The molecule has 0 saturated carbocycles. The van der Waals surface area contributed by atoms with Crippen molar-refractivity contribution >= 4 is 24.4 Å². The molecule has 0 atom stereocenters. The Balaban J connectivity index is 2.64. The summed E-state index contributed by atoms with van der Waals surface area (Å²) < 4.78 is 0.138. The summed E-state index contributed by atoms with van der Waals surface area (Å²) in [6.07, 6.45) is 0. The highest BCUT2D eigenvalue weighted by Gasteiger charge is 2.17. The zero-order valence-electron chi connectivity index (χ0n) is 10.4. The summed E-state index contributed by atoms with van der Waals surface area (Å²) in [6, 6.07) is 5.82. The lowest BCUT2D eigenvalue weighted by atomic mass is 10.1. The smallest absolute Gasteiger partial charge is 0.127 e. The Morgan fingerprint density at radius 1 is 1.06 bits per heavy atom. The summed E-state index contributed by atoms with van der Waals surface area (Å²) in [7, 11) is 0. The molecule has 2 N–H and O–H groups in total. The summed E-state index contributed by atoms with van der Waals surface area (Å²) in [5, 5.41) is 18.3. The van der Waals surface area contributed by atoms with Crippen molar-refractivity contribution in [3.05, 3.63) is 34.9 Å². The highest BCUT2D eigenvalue weighted by molar-refractivity contribution is 7.98. The molecule has 0 aliphatic carbocycles. The van der Waals surface area contributed by atoms with E-state index in [0.29, 0.717) is 0 Å². The Bertz CT molecular complexity index is 337. The van der Waals surface area contributed by atoms with Crippen molar-refractivity contribution in [1.82, 2.24) is 0 Å². The van der Waals surface area contributed by atoms with Gasteiger partial charge < -0.3 is 10.2 Å². The van der Waals surface area contributed by atoms with Crippen LogP contribution in [0.3, 0.4) is 0 Å². The third kappa shape index (κ3) is 5.82. The van der Waals surface area contributed by atoms with E-state index in [1.165, 1.54) is 0 Å². The Labute approximate surface area is 113 Å². The minimum absolute atomic E-state index is 0.0229. The monoisotopic (exact) mass is 273 g/mol. The fourth-order valence-corrected chi connectivity index (χ4v) is 2.85. The zero-order valence-corrected chi connectivity index (χ0v) is 12.2. The molecule has 2 nitrogen and oxygen atoms in total. The first kappa shape index (κ1) is 14.9. The van der Waals surface area contributed by atoms with Crippen LogP contribution in [-0.4, -0.2) is 20.7 Å². The number of hydrogen-bond acceptors (Lipinski definition) is 3. The average molecular weight is 273 g/mol. The standard InChI is InChI=1S/C13H20O2S2/c1-13(2,16)9-17-8-12-4-10(6-14)3-11(5-12)7-15/h3-5,14-16H,6-9H2,1-2H3/p+1. The van der Waals surface area contributed by atoms with Gasteiger partial charge in [0.25, 0.3) is 0 Å². The molecule has 96 valence electrons. The summed E-state index contributed by atoms with van der Waals surface area (Å²) in [5.74, 6) is 1.91. The number of rotatable bonds is 6. The van der Waals surface area contributed by atoms with E-state index in [2.05, 4.69) is 26.5 Å². The summed E-state index contributed by atoms with van der Waals surface area (Å²) >= 11 is 5.50. The second-order valence-corrected chi connectivity index (χ2v) is 7.19. The van der Waals surface area contributed by atoms with E-state index in [0.717, 1.165) is 28.2 Å². The second kappa shape index (κ2) is 6.69. The first-order valence-electron chi connectivity index (χ1n) is 5.61. The highest BCUT2D eigenvalue weighted by Crippen LogP contribution is 2.20. The summed E-state index contributed by atoms with van der Waals surface area (Å²) in [4.78, 5) is 0. The van der Waals surface area contributed by atoms with Crippen molar-refractivity contribution in [2.24, 2.45) is 0 Å². The number of benzene rings is 1. The van der Waals surface area contributed by atoms with Crippen LogP contribution in [-0.2, 0) is 31.6 Å². The lowest BCUT2D eigenvalue weighted by Gasteiger charge is -2.11. The quantitative estimate of drug-likeness (QED) is 0.775. The van der Waals surface area contributed by atoms with Gasteiger partial charge in [-0.1, -0.05) is 18.2 Å². The van der Waals surface area contributed by atoms with Gasteiger partial charge in [0.15, 0.2) is 0 Å². The molecule has 0 radical (unpaired) electrons. The lowest BCUT2D eigenvalue weighted by Crippen LogP contribution is -2.18. The third-order valence-electron chi connectivity index (χ3n) is 2.21. The van der Waals surface area contributed by atoms with Crippen LogP contribution in [0.2, 0.25) is 0 Å². The Morgan fingerprint density at radius 3 is 1.94 bits per heavy atom. The number of hydrogen-bond donors (Lipinski definition) is 2. The largest absolute Gasteiger partial charge is 0.392 e.